The summed E-state index contributed by atoms with van der Waals surface area (Å²) in [5, 5.41) is 18.8. The Balaban J connectivity index is -0.00000156. The van der Waals surface area contributed by atoms with E-state index in [0.717, 1.165) is 12.7 Å². The summed E-state index contributed by atoms with van der Waals surface area (Å²) in [6, 6.07) is 6.34. The van der Waals surface area contributed by atoms with Crippen molar-refractivity contribution in [2.45, 2.75) is 12.5 Å². The fourth-order valence-electron chi connectivity index (χ4n) is 1.89. The van der Waals surface area contributed by atoms with Crippen LogP contribution in [-0.2, 0) is 11.2 Å². The molecule has 0 heterocycles. The molecule has 2 rings (SSSR count). The third-order valence-corrected chi connectivity index (χ3v) is 6.29. The second-order valence-corrected chi connectivity index (χ2v) is 9.52. The standard InChI is InChI=1S/C15H11I4NO4.2Na.2H/c16-8-4-7(5-9(17)13(8)21)24-14-10(18)1-6(2-11(14)19)3-12(20)15(22)23;;;;/h1-2,4-5,12,21H,3,20H2,(H,22,23);;;;/q;2*+1;2*-1. The van der Waals surface area contributed by atoms with E-state index in [9.17, 15) is 9.90 Å². The number of phenols is 1. The summed E-state index contributed by atoms with van der Waals surface area (Å²) >= 11 is 8.42. The van der Waals surface area contributed by atoms with E-state index in [2.05, 4.69) is 90.4 Å². The molecular formula is C15H13I4NNa2O4. The first-order valence-corrected chi connectivity index (χ1v) is 10.8. The minimum absolute atomic E-state index is 0. The number of halogens is 4. The smallest absolute Gasteiger partial charge is 1.00 e. The normalized spacial score (nSPS) is 11.1. The van der Waals surface area contributed by atoms with Gasteiger partial charge in [0.05, 0.1) is 14.3 Å². The predicted molar refractivity (Wildman–Crippen MR) is 127 cm³/mol. The van der Waals surface area contributed by atoms with Gasteiger partial charge in [-0.1, -0.05) is 0 Å². The van der Waals surface area contributed by atoms with Gasteiger partial charge in [0.25, 0.3) is 0 Å². The number of hydrogen-bond donors (Lipinski definition) is 3. The average molecular weight is 825 g/mol. The summed E-state index contributed by atoms with van der Waals surface area (Å²) in [5.74, 6) is 0.549. The Bertz CT molecular complexity index is 772. The molecule has 0 aliphatic carbocycles. The fourth-order valence-corrected chi connectivity index (χ4v) is 5.72. The topological polar surface area (TPSA) is 92.8 Å². The number of phenolic OH excluding ortho intramolecular Hbond substituents is 1. The Morgan fingerprint density at radius 3 is 1.92 bits per heavy atom. The molecule has 0 amide bonds. The maximum Gasteiger partial charge on any atom is 1.00 e. The van der Waals surface area contributed by atoms with E-state index in [-0.39, 0.29) is 74.1 Å². The summed E-state index contributed by atoms with van der Waals surface area (Å²) in [6.45, 7) is 0. The van der Waals surface area contributed by atoms with Crippen molar-refractivity contribution < 1.29 is 81.7 Å². The van der Waals surface area contributed by atoms with Gasteiger partial charge in [0.15, 0.2) is 5.75 Å². The molecule has 4 N–H and O–H groups in total. The zero-order chi connectivity index (χ0) is 18.0. The van der Waals surface area contributed by atoms with Crippen molar-refractivity contribution >= 4 is 96.3 Å². The van der Waals surface area contributed by atoms with Gasteiger partial charge in [0.2, 0.25) is 0 Å². The van der Waals surface area contributed by atoms with Crippen LogP contribution in [-0.4, -0.2) is 22.2 Å². The molecule has 5 nitrogen and oxygen atoms in total. The van der Waals surface area contributed by atoms with Gasteiger partial charge in [-0.2, -0.15) is 0 Å². The quantitative estimate of drug-likeness (QED) is 0.261. The molecule has 11 heteroatoms. The van der Waals surface area contributed by atoms with Crippen LogP contribution in [0.4, 0.5) is 0 Å². The van der Waals surface area contributed by atoms with Crippen LogP contribution in [0, 0.1) is 14.3 Å². The second kappa shape index (κ2) is 12.9. The Hall–Kier alpha value is 2.39. The number of ether oxygens (including phenoxy) is 1. The van der Waals surface area contributed by atoms with Gasteiger partial charge in [-0.3, -0.25) is 4.79 Å². The van der Waals surface area contributed by atoms with Crippen LogP contribution in [0.2, 0.25) is 0 Å². The van der Waals surface area contributed by atoms with E-state index in [4.69, 9.17) is 15.6 Å². The van der Waals surface area contributed by atoms with Crippen molar-refractivity contribution in [1.29, 1.82) is 0 Å². The molecule has 0 aromatic heterocycles. The average Bonchev–Trinajstić information content (AvgIpc) is 2.48. The van der Waals surface area contributed by atoms with E-state index < -0.39 is 12.0 Å². The number of carboxylic acids is 1. The molecule has 0 radical (unpaired) electrons. The summed E-state index contributed by atoms with van der Waals surface area (Å²) in [6.07, 6.45) is 0.261. The van der Waals surface area contributed by atoms with Gasteiger partial charge in [-0.25, -0.2) is 0 Å². The molecule has 0 saturated carbocycles. The first-order valence-electron chi connectivity index (χ1n) is 6.51. The largest absolute Gasteiger partial charge is 1.00 e. The van der Waals surface area contributed by atoms with Crippen LogP contribution < -0.4 is 69.6 Å². The number of carboxylic acid groups (broad SMARTS) is 1. The first kappa shape index (κ1) is 28.4. The molecular weight excluding hydrogens is 812 g/mol. The first-order chi connectivity index (χ1) is 11.2. The van der Waals surface area contributed by atoms with Crippen molar-refractivity contribution in [3.8, 4) is 17.2 Å². The number of rotatable bonds is 5. The molecule has 2 aromatic rings. The molecule has 0 saturated heterocycles. The van der Waals surface area contributed by atoms with Crippen molar-refractivity contribution in [3.63, 3.8) is 0 Å². The monoisotopic (exact) mass is 825 g/mol. The molecule has 1 unspecified atom stereocenters. The van der Waals surface area contributed by atoms with Crippen LogP contribution in [0.3, 0.4) is 0 Å². The number of carbonyl (C=O) groups is 1. The third-order valence-electron chi connectivity index (χ3n) is 3.04. The van der Waals surface area contributed by atoms with Gasteiger partial charge in [-0.15, -0.1) is 0 Å². The SMILES string of the molecule is NC(Cc1cc(I)c(Oc2cc(I)c(O)c(I)c2)c(I)c1)C(=O)O.[H-].[H-].[Na+].[Na+]. The number of hydrogen-bond acceptors (Lipinski definition) is 4. The predicted octanol–water partition coefficient (Wildman–Crippen LogP) is -1.21. The summed E-state index contributed by atoms with van der Waals surface area (Å²) in [5.41, 5.74) is 6.44. The van der Waals surface area contributed by atoms with E-state index in [1.54, 1.807) is 12.1 Å². The minimum atomic E-state index is -1.02. The number of aromatic hydroxyl groups is 1. The van der Waals surface area contributed by atoms with Gasteiger partial charge in [-0.05, 0) is 127 Å². The van der Waals surface area contributed by atoms with E-state index in [1.165, 1.54) is 0 Å². The zero-order valence-corrected chi connectivity index (χ0v) is 26.5. The van der Waals surface area contributed by atoms with Crippen LogP contribution >= 0.6 is 90.4 Å². The number of aliphatic carboxylic acids is 1. The Morgan fingerprint density at radius 2 is 1.50 bits per heavy atom. The molecule has 0 aliphatic heterocycles. The van der Waals surface area contributed by atoms with Gasteiger partial charge in [0, 0.05) is 0 Å². The molecule has 0 aliphatic rings. The summed E-state index contributed by atoms with van der Waals surface area (Å²) in [7, 11) is 0. The van der Waals surface area contributed by atoms with E-state index in [1.807, 2.05) is 12.1 Å². The van der Waals surface area contributed by atoms with Crippen LogP contribution in [0.25, 0.3) is 0 Å². The second-order valence-electron chi connectivity index (χ2n) is 4.88. The summed E-state index contributed by atoms with van der Waals surface area (Å²) < 4.78 is 9.14. The van der Waals surface area contributed by atoms with E-state index >= 15 is 0 Å². The maximum absolute atomic E-state index is 10.9. The van der Waals surface area contributed by atoms with E-state index in [0.29, 0.717) is 18.6 Å². The molecule has 0 spiro atoms. The van der Waals surface area contributed by atoms with Crippen LogP contribution in [0.15, 0.2) is 24.3 Å². The summed E-state index contributed by atoms with van der Waals surface area (Å²) in [4.78, 5) is 10.9. The van der Waals surface area contributed by atoms with Gasteiger partial charge in [0.1, 0.15) is 17.5 Å². The third kappa shape index (κ3) is 7.91. The molecule has 0 bridgehead atoms. The number of benzene rings is 2. The van der Waals surface area contributed by atoms with Crippen LogP contribution in [0.5, 0.6) is 17.2 Å². The molecule has 132 valence electrons. The van der Waals surface area contributed by atoms with Crippen molar-refractivity contribution in [3.05, 3.63) is 44.1 Å². The van der Waals surface area contributed by atoms with Gasteiger partial charge >= 0.3 is 65.1 Å². The van der Waals surface area contributed by atoms with Crippen molar-refractivity contribution in [2.75, 3.05) is 0 Å². The number of nitrogens with two attached hydrogens (primary N) is 1. The Kier molecular flexibility index (Phi) is 14.1. The van der Waals surface area contributed by atoms with Crippen LogP contribution in [0.1, 0.15) is 8.42 Å². The Labute approximate surface area is 253 Å². The zero-order valence-electron chi connectivity index (χ0n) is 15.9. The Morgan fingerprint density at radius 1 is 1.04 bits per heavy atom. The molecule has 1 atom stereocenters. The minimum Gasteiger partial charge on any atom is -1.00 e. The molecule has 26 heavy (non-hydrogen) atoms. The van der Waals surface area contributed by atoms with Crippen molar-refractivity contribution in [1.82, 2.24) is 0 Å². The molecule has 0 fully saturated rings. The van der Waals surface area contributed by atoms with Crippen molar-refractivity contribution in [2.24, 2.45) is 5.73 Å². The maximum atomic E-state index is 10.9. The fraction of sp³-hybridized carbons (Fsp3) is 0.133. The van der Waals surface area contributed by atoms with Gasteiger partial charge < -0.3 is 23.5 Å². The molecule has 2 aromatic carbocycles.